The highest BCUT2D eigenvalue weighted by atomic mass is 16.1. The van der Waals surface area contributed by atoms with E-state index in [0.717, 1.165) is 25.7 Å². The molecule has 0 spiro atoms. The first-order chi connectivity index (χ1) is 10.8. The maximum atomic E-state index is 11.8. The van der Waals surface area contributed by atoms with Gasteiger partial charge in [-0.2, -0.15) is 15.5 Å². The Hall–Kier alpha value is -2.75. The zero-order valence-electron chi connectivity index (χ0n) is 12.0. The van der Waals surface area contributed by atoms with Crippen LogP contribution in [0.4, 0.5) is 5.82 Å². The van der Waals surface area contributed by atoms with Crippen LogP contribution in [-0.4, -0.2) is 26.0 Å². The molecule has 0 radical (unpaired) electrons. The maximum Gasteiger partial charge on any atom is 0.266 e. The smallest absolute Gasteiger partial charge is 0.266 e. The van der Waals surface area contributed by atoms with Crippen LogP contribution >= 0.6 is 0 Å². The Kier molecular flexibility index (Phi) is 4.10. The first-order valence-corrected chi connectivity index (χ1v) is 7.30. The normalized spacial score (nSPS) is 21.0. The third-order valence-corrected chi connectivity index (χ3v) is 3.97. The van der Waals surface area contributed by atoms with E-state index in [0.29, 0.717) is 11.4 Å². The van der Waals surface area contributed by atoms with Crippen molar-refractivity contribution in [2.75, 3.05) is 5.32 Å². The minimum atomic E-state index is -0.0559. The fraction of sp³-hybridized carbons (Fsp3) is 0.400. The minimum absolute atomic E-state index is 0.0559. The van der Waals surface area contributed by atoms with Gasteiger partial charge >= 0.3 is 0 Å². The summed E-state index contributed by atoms with van der Waals surface area (Å²) in [5.41, 5.74) is 0.442. The third kappa shape index (κ3) is 2.96. The van der Waals surface area contributed by atoms with Gasteiger partial charge < -0.3 is 5.32 Å². The van der Waals surface area contributed by atoms with E-state index in [2.05, 4.69) is 26.7 Å². The molecule has 7 nitrogen and oxygen atoms in total. The molecule has 112 valence electrons. The Labute approximate surface area is 127 Å². The molecule has 3 rings (SSSR count). The van der Waals surface area contributed by atoms with Crippen molar-refractivity contribution in [2.24, 2.45) is 0 Å². The van der Waals surface area contributed by atoms with Crippen molar-refractivity contribution >= 4 is 5.82 Å². The lowest BCUT2D eigenvalue weighted by Crippen LogP contribution is -2.33. The van der Waals surface area contributed by atoms with Crippen LogP contribution in [0.25, 0.3) is 0 Å². The standard InChI is InChI=1S/C15H16N6O/c16-10-11-7-9-17-20-15(11)19-12-3-5-13(6-4-12)21-14(22)2-1-8-18-21/h1-2,7-9,12-13H,3-6H2,(H,19,20). The monoisotopic (exact) mass is 296 g/mol. The minimum Gasteiger partial charge on any atom is -0.365 e. The van der Waals surface area contributed by atoms with Crippen LogP contribution in [-0.2, 0) is 0 Å². The van der Waals surface area contributed by atoms with Crippen LogP contribution in [0.15, 0.2) is 35.4 Å². The summed E-state index contributed by atoms with van der Waals surface area (Å²) in [5.74, 6) is 0.531. The second kappa shape index (κ2) is 6.35. The maximum absolute atomic E-state index is 11.8. The number of nitrogens with zero attached hydrogens (tertiary/aromatic N) is 5. The molecule has 1 aliphatic rings. The van der Waals surface area contributed by atoms with Crippen LogP contribution in [0.1, 0.15) is 37.3 Å². The molecule has 1 aliphatic carbocycles. The largest absolute Gasteiger partial charge is 0.365 e. The molecular weight excluding hydrogens is 280 g/mol. The molecule has 0 saturated heterocycles. The molecule has 1 N–H and O–H groups in total. The zero-order chi connectivity index (χ0) is 15.4. The van der Waals surface area contributed by atoms with E-state index in [1.807, 2.05) is 0 Å². The van der Waals surface area contributed by atoms with E-state index >= 15 is 0 Å². The summed E-state index contributed by atoms with van der Waals surface area (Å²) in [6, 6.07) is 7.33. The van der Waals surface area contributed by atoms with Gasteiger partial charge in [-0.05, 0) is 37.8 Å². The summed E-state index contributed by atoms with van der Waals surface area (Å²) < 4.78 is 1.57. The van der Waals surface area contributed by atoms with Gasteiger partial charge in [0, 0.05) is 18.3 Å². The van der Waals surface area contributed by atoms with E-state index < -0.39 is 0 Å². The number of hydrogen-bond donors (Lipinski definition) is 1. The van der Waals surface area contributed by atoms with Crippen molar-refractivity contribution in [3.63, 3.8) is 0 Å². The Balaban J connectivity index is 1.64. The van der Waals surface area contributed by atoms with E-state index in [1.165, 1.54) is 12.3 Å². The number of nitrogens with one attached hydrogen (secondary N) is 1. The van der Waals surface area contributed by atoms with E-state index in [4.69, 9.17) is 5.26 Å². The fourth-order valence-electron chi connectivity index (χ4n) is 2.83. The van der Waals surface area contributed by atoms with Crippen LogP contribution in [0.3, 0.4) is 0 Å². The van der Waals surface area contributed by atoms with E-state index in [1.54, 1.807) is 23.0 Å². The second-order valence-corrected chi connectivity index (χ2v) is 5.36. The Morgan fingerprint density at radius 1 is 1.23 bits per heavy atom. The number of nitriles is 1. The average Bonchev–Trinajstić information content (AvgIpc) is 2.57. The topological polar surface area (TPSA) is 96.5 Å². The molecule has 0 bridgehead atoms. The van der Waals surface area contributed by atoms with Crippen molar-refractivity contribution in [1.29, 1.82) is 5.26 Å². The highest BCUT2D eigenvalue weighted by molar-refractivity contribution is 5.50. The number of rotatable bonds is 3. The van der Waals surface area contributed by atoms with Crippen LogP contribution in [0.5, 0.6) is 0 Å². The zero-order valence-corrected chi connectivity index (χ0v) is 12.0. The Morgan fingerprint density at radius 2 is 2.05 bits per heavy atom. The molecule has 1 saturated carbocycles. The van der Waals surface area contributed by atoms with Crippen LogP contribution < -0.4 is 10.9 Å². The van der Waals surface area contributed by atoms with Gasteiger partial charge in [0.2, 0.25) is 0 Å². The Bertz CT molecular complexity index is 742. The molecule has 0 atom stereocenters. The lowest BCUT2D eigenvalue weighted by Gasteiger charge is -2.29. The Morgan fingerprint density at radius 3 is 2.77 bits per heavy atom. The van der Waals surface area contributed by atoms with E-state index in [9.17, 15) is 4.79 Å². The molecule has 0 amide bonds. The van der Waals surface area contributed by atoms with Gasteiger partial charge in [0.15, 0.2) is 5.82 Å². The van der Waals surface area contributed by atoms with Crippen LogP contribution in [0, 0.1) is 11.3 Å². The van der Waals surface area contributed by atoms with Gasteiger partial charge in [-0.25, -0.2) is 4.68 Å². The molecule has 22 heavy (non-hydrogen) atoms. The predicted molar refractivity (Wildman–Crippen MR) is 80.2 cm³/mol. The predicted octanol–water partition coefficient (Wildman–Crippen LogP) is 1.50. The fourth-order valence-corrected chi connectivity index (χ4v) is 2.83. The van der Waals surface area contributed by atoms with Gasteiger partial charge in [-0.3, -0.25) is 4.79 Å². The number of aromatic nitrogens is 4. The first kappa shape index (κ1) is 14.2. The molecule has 0 aliphatic heterocycles. The van der Waals surface area contributed by atoms with Gasteiger partial charge in [-0.1, -0.05) is 0 Å². The summed E-state index contributed by atoms with van der Waals surface area (Å²) in [7, 11) is 0. The van der Waals surface area contributed by atoms with Crippen molar-refractivity contribution in [3.05, 3.63) is 46.5 Å². The molecule has 7 heteroatoms. The molecule has 2 heterocycles. The van der Waals surface area contributed by atoms with Crippen molar-refractivity contribution in [3.8, 4) is 6.07 Å². The van der Waals surface area contributed by atoms with Gasteiger partial charge in [0.1, 0.15) is 6.07 Å². The summed E-state index contributed by atoms with van der Waals surface area (Å²) >= 11 is 0. The molecule has 0 unspecified atom stereocenters. The third-order valence-electron chi connectivity index (χ3n) is 3.97. The molecule has 2 aromatic rings. The van der Waals surface area contributed by atoms with Gasteiger partial charge in [-0.15, -0.1) is 5.10 Å². The quantitative estimate of drug-likeness (QED) is 0.922. The number of anilines is 1. The van der Waals surface area contributed by atoms with Crippen molar-refractivity contribution < 1.29 is 0 Å². The summed E-state index contributed by atoms with van der Waals surface area (Å²) in [6.45, 7) is 0. The van der Waals surface area contributed by atoms with Crippen molar-refractivity contribution in [2.45, 2.75) is 37.8 Å². The SMILES string of the molecule is N#Cc1ccnnc1NC1CCC(n2ncccc2=O)CC1. The molecule has 0 aromatic carbocycles. The average molecular weight is 296 g/mol. The summed E-state index contributed by atoms with van der Waals surface area (Å²) in [4.78, 5) is 11.8. The lowest BCUT2D eigenvalue weighted by atomic mass is 9.91. The van der Waals surface area contributed by atoms with E-state index in [-0.39, 0.29) is 17.6 Å². The summed E-state index contributed by atoms with van der Waals surface area (Å²) in [6.07, 6.45) is 6.69. The van der Waals surface area contributed by atoms with Gasteiger partial charge in [0.05, 0.1) is 17.8 Å². The molecular formula is C15H16N6O. The second-order valence-electron chi connectivity index (χ2n) is 5.36. The van der Waals surface area contributed by atoms with Crippen LogP contribution in [0.2, 0.25) is 0 Å². The highest BCUT2D eigenvalue weighted by Gasteiger charge is 2.24. The number of hydrogen-bond acceptors (Lipinski definition) is 6. The first-order valence-electron chi connectivity index (χ1n) is 7.30. The van der Waals surface area contributed by atoms with Crippen molar-refractivity contribution in [1.82, 2.24) is 20.0 Å². The van der Waals surface area contributed by atoms with Gasteiger partial charge in [0.25, 0.3) is 5.56 Å². The molecule has 1 fully saturated rings. The summed E-state index contributed by atoms with van der Waals surface area (Å²) in [5, 5.41) is 24.3. The molecule has 2 aromatic heterocycles. The lowest BCUT2D eigenvalue weighted by molar-refractivity contribution is 0.303. The highest BCUT2D eigenvalue weighted by Crippen LogP contribution is 2.28.